The molecule has 5 heteroatoms. The van der Waals surface area contributed by atoms with Gasteiger partial charge in [-0.1, -0.05) is 6.07 Å². The van der Waals surface area contributed by atoms with Crippen LogP contribution in [-0.2, 0) is 11.3 Å². The van der Waals surface area contributed by atoms with E-state index in [1.165, 1.54) is 0 Å². The van der Waals surface area contributed by atoms with Gasteiger partial charge in [0.1, 0.15) is 11.5 Å². The molecule has 0 spiro atoms. The summed E-state index contributed by atoms with van der Waals surface area (Å²) in [6.07, 6.45) is 1.69. The van der Waals surface area contributed by atoms with E-state index in [2.05, 4.69) is 4.90 Å². The molecular weight excluding hydrogens is 270 g/mol. The van der Waals surface area contributed by atoms with Crippen molar-refractivity contribution in [2.45, 2.75) is 26.3 Å². The highest BCUT2D eigenvalue weighted by molar-refractivity contribution is 5.70. The Bertz CT molecular complexity index is 515. The SMILES string of the molecule is COc1ccc(CN2CCCC(C(=O)O)C2)c(OC)c1C. The van der Waals surface area contributed by atoms with E-state index in [1.807, 2.05) is 19.1 Å². The fourth-order valence-corrected chi connectivity index (χ4v) is 3.00. The smallest absolute Gasteiger partial charge is 0.307 e. The van der Waals surface area contributed by atoms with E-state index in [0.29, 0.717) is 13.1 Å². The van der Waals surface area contributed by atoms with Crippen LogP contribution in [0.25, 0.3) is 0 Å². The number of nitrogens with zero attached hydrogens (tertiary/aromatic N) is 1. The Morgan fingerprint density at radius 3 is 2.76 bits per heavy atom. The minimum absolute atomic E-state index is 0.260. The summed E-state index contributed by atoms with van der Waals surface area (Å²) in [6.45, 7) is 4.21. The summed E-state index contributed by atoms with van der Waals surface area (Å²) in [5.41, 5.74) is 2.05. The van der Waals surface area contributed by atoms with E-state index >= 15 is 0 Å². The van der Waals surface area contributed by atoms with Crippen LogP contribution in [0.4, 0.5) is 0 Å². The van der Waals surface area contributed by atoms with Crippen LogP contribution in [-0.4, -0.2) is 43.3 Å². The van der Waals surface area contributed by atoms with E-state index in [1.54, 1.807) is 14.2 Å². The number of carbonyl (C=O) groups is 1. The first-order chi connectivity index (χ1) is 10.1. The molecule has 1 atom stereocenters. The van der Waals surface area contributed by atoms with Crippen LogP contribution in [0, 0.1) is 12.8 Å². The summed E-state index contributed by atoms with van der Waals surface area (Å²) in [7, 11) is 3.30. The van der Waals surface area contributed by atoms with Crippen LogP contribution in [0.5, 0.6) is 11.5 Å². The van der Waals surface area contributed by atoms with Crippen molar-refractivity contribution < 1.29 is 19.4 Å². The summed E-state index contributed by atoms with van der Waals surface area (Å²) < 4.78 is 10.8. The Labute approximate surface area is 125 Å². The van der Waals surface area contributed by atoms with Gasteiger partial charge in [-0.25, -0.2) is 0 Å². The van der Waals surface area contributed by atoms with Gasteiger partial charge in [-0.15, -0.1) is 0 Å². The second kappa shape index (κ2) is 6.80. The molecule has 1 aromatic rings. The number of hydrogen-bond acceptors (Lipinski definition) is 4. The molecule has 1 aliphatic rings. The highest BCUT2D eigenvalue weighted by atomic mass is 16.5. The third-order valence-corrected chi connectivity index (χ3v) is 4.11. The van der Waals surface area contributed by atoms with Gasteiger partial charge in [0.05, 0.1) is 20.1 Å². The summed E-state index contributed by atoms with van der Waals surface area (Å²) in [5.74, 6) is 0.672. The summed E-state index contributed by atoms with van der Waals surface area (Å²) >= 11 is 0. The van der Waals surface area contributed by atoms with Crippen molar-refractivity contribution in [2.24, 2.45) is 5.92 Å². The first kappa shape index (κ1) is 15.6. The predicted molar refractivity (Wildman–Crippen MR) is 79.9 cm³/mol. The van der Waals surface area contributed by atoms with Gasteiger partial charge < -0.3 is 14.6 Å². The molecule has 1 saturated heterocycles. The second-order valence-electron chi connectivity index (χ2n) is 5.50. The Kier molecular flexibility index (Phi) is 5.07. The number of carboxylic acids is 1. The van der Waals surface area contributed by atoms with Crippen molar-refractivity contribution in [1.82, 2.24) is 4.90 Å². The molecule has 1 aromatic carbocycles. The average Bonchev–Trinajstić information content (AvgIpc) is 2.48. The van der Waals surface area contributed by atoms with Crippen molar-refractivity contribution >= 4 is 5.97 Å². The first-order valence-electron chi connectivity index (χ1n) is 7.22. The molecule has 0 aliphatic carbocycles. The molecule has 0 radical (unpaired) electrons. The first-order valence-corrected chi connectivity index (χ1v) is 7.22. The standard InChI is InChI=1S/C16H23NO4/c1-11-14(20-2)7-6-12(15(11)21-3)9-17-8-4-5-13(10-17)16(18)19/h6-7,13H,4-5,8-10H2,1-3H3,(H,18,19). The molecule has 0 bridgehead atoms. The van der Waals surface area contributed by atoms with Crippen molar-refractivity contribution in [3.8, 4) is 11.5 Å². The zero-order chi connectivity index (χ0) is 15.4. The molecule has 0 aromatic heterocycles. The van der Waals surface area contributed by atoms with Gasteiger partial charge in [0.25, 0.3) is 0 Å². The number of likely N-dealkylation sites (tertiary alicyclic amines) is 1. The third-order valence-electron chi connectivity index (χ3n) is 4.11. The van der Waals surface area contributed by atoms with Gasteiger partial charge in [0.15, 0.2) is 0 Å². The fourth-order valence-electron chi connectivity index (χ4n) is 3.00. The monoisotopic (exact) mass is 293 g/mol. The highest BCUT2D eigenvalue weighted by Crippen LogP contribution is 2.32. The maximum Gasteiger partial charge on any atom is 0.307 e. The average molecular weight is 293 g/mol. The van der Waals surface area contributed by atoms with Crippen LogP contribution in [0.3, 0.4) is 0 Å². The van der Waals surface area contributed by atoms with Crippen LogP contribution in [0.1, 0.15) is 24.0 Å². The van der Waals surface area contributed by atoms with Crippen LogP contribution < -0.4 is 9.47 Å². The van der Waals surface area contributed by atoms with Crippen molar-refractivity contribution in [3.05, 3.63) is 23.3 Å². The molecular formula is C16H23NO4. The Hall–Kier alpha value is -1.75. The lowest BCUT2D eigenvalue weighted by Crippen LogP contribution is -2.38. The Morgan fingerprint density at radius 1 is 1.38 bits per heavy atom. The lowest BCUT2D eigenvalue weighted by Gasteiger charge is -2.31. The molecule has 1 N–H and O–H groups in total. The Morgan fingerprint density at radius 2 is 2.14 bits per heavy atom. The Balaban J connectivity index is 2.15. The quantitative estimate of drug-likeness (QED) is 0.902. The number of carboxylic acid groups (broad SMARTS) is 1. The number of benzene rings is 1. The van der Waals surface area contributed by atoms with Gasteiger partial charge >= 0.3 is 5.97 Å². The molecule has 1 unspecified atom stereocenters. The van der Waals surface area contributed by atoms with E-state index in [9.17, 15) is 4.79 Å². The molecule has 2 rings (SSSR count). The van der Waals surface area contributed by atoms with E-state index in [4.69, 9.17) is 14.6 Å². The van der Waals surface area contributed by atoms with Crippen LogP contribution in [0.15, 0.2) is 12.1 Å². The third kappa shape index (κ3) is 3.47. The lowest BCUT2D eigenvalue weighted by atomic mass is 9.97. The van der Waals surface area contributed by atoms with Crippen LogP contribution in [0.2, 0.25) is 0 Å². The zero-order valence-electron chi connectivity index (χ0n) is 12.9. The minimum atomic E-state index is -0.697. The molecule has 0 amide bonds. The molecule has 21 heavy (non-hydrogen) atoms. The molecule has 5 nitrogen and oxygen atoms in total. The highest BCUT2D eigenvalue weighted by Gasteiger charge is 2.26. The summed E-state index contributed by atoms with van der Waals surface area (Å²) in [4.78, 5) is 13.3. The van der Waals surface area contributed by atoms with E-state index in [0.717, 1.165) is 42.0 Å². The number of aliphatic carboxylic acids is 1. The number of rotatable bonds is 5. The molecule has 1 fully saturated rings. The summed E-state index contributed by atoms with van der Waals surface area (Å²) in [6, 6.07) is 3.93. The van der Waals surface area contributed by atoms with Crippen molar-refractivity contribution in [3.63, 3.8) is 0 Å². The van der Waals surface area contributed by atoms with Crippen molar-refractivity contribution in [2.75, 3.05) is 27.3 Å². The molecule has 1 heterocycles. The van der Waals surface area contributed by atoms with Crippen molar-refractivity contribution in [1.29, 1.82) is 0 Å². The maximum atomic E-state index is 11.1. The van der Waals surface area contributed by atoms with Gasteiger partial charge in [0.2, 0.25) is 0 Å². The number of methoxy groups -OCH3 is 2. The zero-order valence-corrected chi connectivity index (χ0v) is 12.9. The number of piperidine rings is 1. The summed E-state index contributed by atoms with van der Waals surface area (Å²) in [5, 5.41) is 9.17. The molecule has 1 aliphatic heterocycles. The predicted octanol–water partition coefficient (Wildman–Crippen LogP) is 2.31. The molecule has 0 saturated carbocycles. The van der Waals surface area contributed by atoms with E-state index < -0.39 is 5.97 Å². The largest absolute Gasteiger partial charge is 0.496 e. The van der Waals surface area contributed by atoms with E-state index in [-0.39, 0.29) is 5.92 Å². The van der Waals surface area contributed by atoms with Crippen LogP contribution >= 0.6 is 0 Å². The lowest BCUT2D eigenvalue weighted by molar-refractivity contribution is -0.143. The number of ether oxygens (including phenoxy) is 2. The minimum Gasteiger partial charge on any atom is -0.496 e. The fraction of sp³-hybridized carbons (Fsp3) is 0.562. The van der Waals surface area contributed by atoms with Gasteiger partial charge in [-0.05, 0) is 32.4 Å². The molecule has 116 valence electrons. The normalized spacial score (nSPS) is 19.3. The van der Waals surface area contributed by atoms with Gasteiger partial charge in [-0.3, -0.25) is 9.69 Å². The topological polar surface area (TPSA) is 59.0 Å². The number of hydrogen-bond donors (Lipinski definition) is 1. The second-order valence-corrected chi connectivity index (χ2v) is 5.50. The van der Waals surface area contributed by atoms with Gasteiger partial charge in [-0.2, -0.15) is 0 Å². The van der Waals surface area contributed by atoms with Gasteiger partial charge in [0, 0.05) is 24.2 Å². The maximum absolute atomic E-state index is 11.1.